The molecule has 0 aliphatic carbocycles. The van der Waals surface area contributed by atoms with Gasteiger partial charge in [-0.1, -0.05) is 30.3 Å². The van der Waals surface area contributed by atoms with Crippen LogP contribution in [0.25, 0.3) is 0 Å². The summed E-state index contributed by atoms with van der Waals surface area (Å²) in [5, 5.41) is 34.6. The van der Waals surface area contributed by atoms with E-state index in [1.807, 2.05) is 30.3 Å². The number of nitrogens with one attached hydrogen (secondary N) is 2. The summed E-state index contributed by atoms with van der Waals surface area (Å²) in [6.07, 6.45) is -3.11. The topological polar surface area (TPSA) is 154 Å². The van der Waals surface area contributed by atoms with Crippen molar-refractivity contribution in [1.29, 1.82) is 0 Å². The van der Waals surface area contributed by atoms with Gasteiger partial charge in [0.25, 0.3) is 0 Å². The van der Waals surface area contributed by atoms with Gasteiger partial charge < -0.3 is 40.2 Å². The predicted octanol–water partition coefficient (Wildman–Crippen LogP) is -0.566. The standard InChI is InChI=1S/C23H34N2O8/c1-15-20(29)21(30)22(31)23(33-15)32-12-11-24-18(27)9-5-6-10-19(28)25-17(14-26)13-16-7-3-2-4-8-16/h2-4,7-8,14-15,17,20-23,29-31H,5-6,9-13H2,1H3,(H,24,27)(H,25,28)/t15-,17-,20+,21+,22-,23+/m0/s1. The number of unbranched alkanes of at least 4 members (excludes halogenated alkanes) is 1. The van der Waals surface area contributed by atoms with Crippen molar-refractivity contribution in [2.75, 3.05) is 13.2 Å². The van der Waals surface area contributed by atoms with Crippen LogP contribution in [0.15, 0.2) is 30.3 Å². The van der Waals surface area contributed by atoms with E-state index in [9.17, 15) is 29.7 Å². The van der Waals surface area contributed by atoms with Crippen LogP contribution in [0.5, 0.6) is 0 Å². The Morgan fingerprint density at radius 3 is 2.39 bits per heavy atom. The third-order valence-electron chi connectivity index (χ3n) is 5.38. The number of hydrogen-bond donors (Lipinski definition) is 5. The third kappa shape index (κ3) is 9.18. The van der Waals surface area contributed by atoms with Gasteiger partial charge in [0.2, 0.25) is 11.8 Å². The van der Waals surface area contributed by atoms with Gasteiger partial charge >= 0.3 is 0 Å². The largest absolute Gasteiger partial charge is 0.388 e. The zero-order chi connectivity index (χ0) is 24.2. The first-order valence-electron chi connectivity index (χ1n) is 11.2. The van der Waals surface area contributed by atoms with Crippen LogP contribution < -0.4 is 10.6 Å². The van der Waals surface area contributed by atoms with Gasteiger partial charge in [0.15, 0.2) is 6.29 Å². The second kappa shape index (κ2) is 14.0. The van der Waals surface area contributed by atoms with Gasteiger partial charge in [-0.2, -0.15) is 0 Å². The van der Waals surface area contributed by atoms with E-state index in [2.05, 4.69) is 10.6 Å². The van der Waals surface area contributed by atoms with E-state index in [-0.39, 0.29) is 37.8 Å². The van der Waals surface area contributed by atoms with E-state index in [1.165, 1.54) is 0 Å². The third-order valence-corrected chi connectivity index (χ3v) is 5.38. The summed E-state index contributed by atoms with van der Waals surface area (Å²) >= 11 is 0. The molecule has 2 rings (SSSR count). The van der Waals surface area contributed by atoms with Gasteiger partial charge in [0.05, 0.1) is 18.8 Å². The Balaban J connectivity index is 1.54. The summed E-state index contributed by atoms with van der Waals surface area (Å²) in [7, 11) is 0. The lowest BCUT2D eigenvalue weighted by Crippen LogP contribution is -2.57. The molecule has 1 fully saturated rings. The Morgan fingerprint density at radius 2 is 1.73 bits per heavy atom. The van der Waals surface area contributed by atoms with Crippen LogP contribution in [0.1, 0.15) is 38.2 Å². The number of carbonyl (C=O) groups is 3. The molecule has 0 unspecified atom stereocenters. The van der Waals surface area contributed by atoms with Crippen molar-refractivity contribution in [3.8, 4) is 0 Å². The first kappa shape index (κ1) is 26.9. The number of hydrogen-bond acceptors (Lipinski definition) is 8. The average Bonchev–Trinajstić information content (AvgIpc) is 2.81. The quantitative estimate of drug-likeness (QED) is 0.191. The second-order valence-electron chi connectivity index (χ2n) is 8.11. The molecule has 10 heteroatoms. The molecule has 0 bridgehead atoms. The van der Waals surface area contributed by atoms with Crippen molar-refractivity contribution >= 4 is 18.1 Å². The average molecular weight is 467 g/mol. The summed E-state index contributed by atoms with van der Waals surface area (Å²) < 4.78 is 10.6. The van der Waals surface area contributed by atoms with Gasteiger partial charge in [-0.3, -0.25) is 9.59 Å². The number of ether oxygens (including phenoxy) is 2. The summed E-state index contributed by atoms with van der Waals surface area (Å²) in [4.78, 5) is 35.2. The molecule has 0 aromatic heterocycles. The van der Waals surface area contributed by atoms with E-state index in [0.717, 1.165) is 11.8 Å². The van der Waals surface area contributed by atoms with Crippen LogP contribution in [0, 0.1) is 0 Å². The van der Waals surface area contributed by atoms with Crippen molar-refractivity contribution in [1.82, 2.24) is 10.6 Å². The fourth-order valence-corrected chi connectivity index (χ4v) is 3.46. The maximum atomic E-state index is 12.0. The second-order valence-corrected chi connectivity index (χ2v) is 8.11. The monoisotopic (exact) mass is 466 g/mol. The number of amides is 2. The fraction of sp³-hybridized carbons (Fsp3) is 0.609. The summed E-state index contributed by atoms with van der Waals surface area (Å²) in [5.41, 5.74) is 0.961. The van der Waals surface area contributed by atoms with Crippen molar-refractivity contribution in [3.05, 3.63) is 35.9 Å². The summed E-state index contributed by atoms with van der Waals surface area (Å²) in [6, 6.07) is 8.84. The van der Waals surface area contributed by atoms with Gasteiger partial charge in [-0.05, 0) is 31.7 Å². The van der Waals surface area contributed by atoms with Crippen molar-refractivity contribution in [2.45, 2.75) is 75.8 Å². The van der Waals surface area contributed by atoms with Crippen LogP contribution >= 0.6 is 0 Å². The molecular weight excluding hydrogens is 432 g/mol. The highest BCUT2D eigenvalue weighted by Crippen LogP contribution is 2.21. The Labute approximate surface area is 193 Å². The lowest BCUT2D eigenvalue weighted by molar-refractivity contribution is -0.292. The number of carbonyl (C=O) groups excluding carboxylic acids is 3. The molecule has 1 saturated heterocycles. The first-order chi connectivity index (χ1) is 15.8. The van der Waals surface area contributed by atoms with E-state index in [0.29, 0.717) is 19.3 Å². The van der Waals surface area contributed by atoms with E-state index < -0.39 is 36.7 Å². The van der Waals surface area contributed by atoms with Crippen LogP contribution in [-0.4, -0.2) is 83.3 Å². The summed E-state index contributed by atoms with van der Waals surface area (Å²) in [5.74, 6) is -0.438. The molecule has 2 amide bonds. The van der Waals surface area contributed by atoms with Crippen molar-refractivity contribution in [2.24, 2.45) is 0 Å². The van der Waals surface area contributed by atoms with Gasteiger partial charge in [0, 0.05) is 19.4 Å². The molecule has 6 atom stereocenters. The minimum Gasteiger partial charge on any atom is -0.388 e. The minimum absolute atomic E-state index is 0.0555. The van der Waals surface area contributed by atoms with E-state index in [1.54, 1.807) is 6.92 Å². The first-order valence-corrected chi connectivity index (χ1v) is 11.2. The molecule has 184 valence electrons. The molecule has 1 heterocycles. The van der Waals surface area contributed by atoms with Gasteiger partial charge in [-0.15, -0.1) is 0 Å². The number of rotatable bonds is 13. The number of aliphatic hydroxyl groups is 3. The Hall–Kier alpha value is -2.37. The molecule has 10 nitrogen and oxygen atoms in total. The molecule has 5 N–H and O–H groups in total. The van der Waals surface area contributed by atoms with Crippen molar-refractivity contribution < 1.29 is 39.2 Å². The van der Waals surface area contributed by atoms with Crippen LogP contribution in [0.3, 0.4) is 0 Å². The zero-order valence-electron chi connectivity index (χ0n) is 18.8. The molecule has 1 aromatic rings. The lowest BCUT2D eigenvalue weighted by Gasteiger charge is -2.38. The molecule has 1 aliphatic rings. The minimum atomic E-state index is -1.38. The number of benzene rings is 1. The highest BCUT2D eigenvalue weighted by Gasteiger charge is 2.42. The molecule has 0 saturated carbocycles. The highest BCUT2D eigenvalue weighted by molar-refractivity contribution is 5.80. The highest BCUT2D eigenvalue weighted by atomic mass is 16.7. The van der Waals surface area contributed by atoms with Gasteiger partial charge in [-0.25, -0.2) is 0 Å². The normalized spacial score (nSPS) is 25.8. The maximum absolute atomic E-state index is 12.0. The zero-order valence-corrected chi connectivity index (χ0v) is 18.8. The number of aliphatic hydroxyl groups excluding tert-OH is 3. The molecule has 0 radical (unpaired) electrons. The number of aldehydes is 1. The van der Waals surface area contributed by atoms with Crippen LogP contribution in [0.2, 0.25) is 0 Å². The maximum Gasteiger partial charge on any atom is 0.220 e. The SMILES string of the molecule is C[C@@H]1O[C@@H](OCCNC(=O)CCCCC(=O)N[C@H](C=O)Cc2ccccc2)[C@@H](O)[C@H](O)[C@@H]1O. The predicted molar refractivity (Wildman–Crippen MR) is 118 cm³/mol. The van der Waals surface area contributed by atoms with Crippen LogP contribution in [0.4, 0.5) is 0 Å². The summed E-state index contributed by atoms with van der Waals surface area (Å²) in [6.45, 7) is 1.79. The Morgan fingerprint density at radius 1 is 1.06 bits per heavy atom. The van der Waals surface area contributed by atoms with E-state index in [4.69, 9.17) is 9.47 Å². The molecular formula is C23H34N2O8. The fourth-order valence-electron chi connectivity index (χ4n) is 3.46. The lowest BCUT2D eigenvalue weighted by atomic mass is 10.0. The van der Waals surface area contributed by atoms with E-state index >= 15 is 0 Å². The Kier molecular flexibility index (Phi) is 11.4. The molecule has 0 spiro atoms. The van der Waals surface area contributed by atoms with Crippen molar-refractivity contribution in [3.63, 3.8) is 0 Å². The Bertz CT molecular complexity index is 747. The molecule has 1 aliphatic heterocycles. The molecule has 33 heavy (non-hydrogen) atoms. The smallest absolute Gasteiger partial charge is 0.220 e. The molecule has 1 aromatic carbocycles. The van der Waals surface area contributed by atoms with Crippen LogP contribution in [-0.2, 0) is 30.3 Å². The van der Waals surface area contributed by atoms with Gasteiger partial charge in [0.1, 0.15) is 24.6 Å².